The summed E-state index contributed by atoms with van der Waals surface area (Å²) in [5.41, 5.74) is 0.531. The first-order valence-corrected chi connectivity index (χ1v) is 15.4. The standard InChI is InChI=1S/C30H43Cl2N3O3/c1-21-27(33-16-24(32)30(21)14-8-6-4-3-5-7-9-15-30)35-18-25(36)34(17-22-10-12-23(31)13-11-22)26(28(35)37)29(2)19-38-20-29/h10-13,21,24,26-27,33H,3-9,14-20H2,1-2H3. The van der Waals surface area contributed by atoms with Crippen LogP contribution in [0.2, 0.25) is 5.02 Å². The maximum atomic E-state index is 14.4. The fraction of sp³-hybridized carbons (Fsp3) is 0.733. The average Bonchev–Trinajstić information content (AvgIpc) is 2.88. The van der Waals surface area contributed by atoms with Crippen molar-refractivity contribution in [3.63, 3.8) is 0 Å². The van der Waals surface area contributed by atoms with E-state index < -0.39 is 11.5 Å². The van der Waals surface area contributed by atoms with Crippen LogP contribution in [0, 0.1) is 16.7 Å². The molecule has 0 radical (unpaired) electrons. The third kappa shape index (κ3) is 5.35. The normalized spacial score (nSPS) is 32.2. The molecule has 2 amide bonds. The fourth-order valence-corrected chi connectivity index (χ4v) is 8.11. The quantitative estimate of drug-likeness (QED) is 0.484. The van der Waals surface area contributed by atoms with E-state index in [4.69, 9.17) is 27.9 Å². The van der Waals surface area contributed by atoms with Gasteiger partial charge in [-0.2, -0.15) is 0 Å². The summed E-state index contributed by atoms with van der Waals surface area (Å²) >= 11 is 13.2. The molecular formula is C30H43Cl2N3O3. The van der Waals surface area contributed by atoms with E-state index in [2.05, 4.69) is 19.2 Å². The van der Waals surface area contributed by atoms with Crippen LogP contribution in [-0.2, 0) is 20.9 Å². The van der Waals surface area contributed by atoms with Gasteiger partial charge in [0.1, 0.15) is 12.6 Å². The number of rotatable bonds is 4. The van der Waals surface area contributed by atoms with E-state index in [9.17, 15) is 9.59 Å². The van der Waals surface area contributed by atoms with Crippen LogP contribution in [0.15, 0.2) is 24.3 Å². The molecule has 38 heavy (non-hydrogen) atoms. The lowest BCUT2D eigenvalue weighted by Crippen LogP contribution is -2.73. The number of halogens is 2. The van der Waals surface area contributed by atoms with E-state index in [-0.39, 0.29) is 41.2 Å². The van der Waals surface area contributed by atoms with Crippen LogP contribution >= 0.6 is 23.2 Å². The molecular weight excluding hydrogens is 521 g/mol. The molecule has 210 valence electrons. The Labute approximate surface area is 237 Å². The van der Waals surface area contributed by atoms with E-state index in [0.717, 1.165) is 18.4 Å². The topological polar surface area (TPSA) is 61.9 Å². The zero-order chi connectivity index (χ0) is 26.9. The number of nitrogens with zero attached hydrogens (tertiary/aromatic N) is 2. The van der Waals surface area contributed by atoms with Gasteiger partial charge in [0.05, 0.1) is 24.8 Å². The van der Waals surface area contributed by atoms with Gasteiger partial charge < -0.3 is 14.5 Å². The lowest BCUT2D eigenvalue weighted by atomic mass is 9.63. The third-order valence-electron chi connectivity index (χ3n) is 9.88. The van der Waals surface area contributed by atoms with Crippen molar-refractivity contribution in [1.29, 1.82) is 0 Å². The molecule has 3 heterocycles. The van der Waals surface area contributed by atoms with E-state index in [1.54, 1.807) is 4.90 Å². The molecule has 4 aliphatic rings. The van der Waals surface area contributed by atoms with Crippen molar-refractivity contribution in [3.8, 4) is 0 Å². The molecule has 1 spiro atoms. The Morgan fingerprint density at radius 1 is 1.00 bits per heavy atom. The molecule has 4 fully saturated rings. The molecule has 3 aliphatic heterocycles. The molecule has 1 saturated carbocycles. The van der Waals surface area contributed by atoms with E-state index in [1.807, 2.05) is 29.2 Å². The van der Waals surface area contributed by atoms with Gasteiger partial charge in [-0.15, -0.1) is 11.6 Å². The summed E-state index contributed by atoms with van der Waals surface area (Å²) < 4.78 is 5.58. The highest BCUT2D eigenvalue weighted by molar-refractivity contribution is 6.30. The van der Waals surface area contributed by atoms with Crippen LogP contribution in [0.5, 0.6) is 0 Å². The van der Waals surface area contributed by atoms with Crippen molar-refractivity contribution >= 4 is 35.0 Å². The molecule has 4 atom stereocenters. The van der Waals surface area contributed by atoms with Crippen LogP contribution in [0.1, 0.15) is 77.2 Å². The first kappa shape index (κ1) is 28.2. The Balaban J connectivity index is 1.41. The van der Waals surface area contributed by atoms with Crippen LogP contribution in [-0.4, -0.2) is 65.5 Å². The van der Waals surface area contributed by atoms with Crippen molar-refractivity contribution in [3.05, 3.63) is 34.9 Å². The van der Waals surface area contributed by atoms with Crippen LogP contribution in [0.4, 0.5) is 0 Å². The first-order chi connectivity index (χ1) is 18.2. The van der Waals surface area contributed by atoms with E-state index >= 15 is 0 Å². The fourth-order valence-electron chi connectivity index (χ4n) is 7.48. The Kier molecular flexibility index (Phi) is 8.64. The van der Waals surface area contributed by atoms with Gasteiger partial charge in [0.2, 0.25) is 11.8 Å². The summed E-state index contributed by atoms with van der Waals surface area (Å²) in [6.07, 6.45) is 10.8. The van der Waals surface area contributed by atoms with Gasteiger partial charge >= 0.3 is 0 Å². The van der Waals surface area contributed by atoms with Crippen molar-refractivity contribution in [2.24, 2.45) is 16.7 Å². The third-order valence-corrected chi connectivity index (χ3v) is 10.7. The van der Waals surface area contributed by atoms with Crippen LogP contribution in [0.3, 0.4) is 0 Å². The highest BCUT2D eigenvalue weighted by Gasteiger charge is 2.57. The van der Waals surface area contributed by atoms with Gasteiger partial charge in [-0.1, -0.05) is 82.5 Å². The summed E-state index contributed by atoms with van der Waals surface area (Å²) in [5, 5.41) is 4.29. The van der Waals surface area contributed by atoms with Gasteiger partial charge in [0, 0.05) is 23.5 Å². The molecule has 1 aromatic carbocycles. The Morgan fingerprint density at radius 3 is 2.18 bits per heavy atom. The molecule has 5 rings (SSSR count). The van der Waals surface area contributed by atoms with Crippen molar-refractivity contribution < 1.29 is 14.3 Å². The molecule has 0 aromatic heterocycles. The second-order valence-corrected chi connectivity index (χ2v) is 13.4. The number of nitrogens with one attached hydrogen (secondary N) is 1. The van der Waals surface area contributed by atoms with Crippen molar-refractivity contribution in [1.82, 2.24) is 15.1 Å². The number of piperidine rings is 1. The molecule has 8 heteroatoms. The van der Waals surface area contributed by atoms with Gasteiger partial charge in [-0.25, -0.2) is 0 Å². The zero-order valence-electron chi connectivity index (χ0n) is 22.9. The summed E-state index contributed by atoms with van der Waals surface area (Å²) in [5.74, 6) is 0.167. The number of piperazine rings is 1. The average molecular weight is 565 g/mol. The Bertz CT molecular complexity index is 989. The minimum Gasteiger partial charge on any atom is -0.380 e. The van der Waals surface area contributed by atoms with Gasteiger partial charge in [-0.3, -0.25) is 14.9 Å². The van der Waals surface area contributed by atoms with Crippen LogP contribution < -0.4 is 5.32 Å². The van der Waals surface area contributed by atoms with E-state index in [1.165, 1.54) is 44.9 Å². The first-order valence-electron chi connectivity index (χ1n) is 14.5. The molecule has 4 unspecified atom stereocenters. The minimum atomic E-state index is -0.559. The second kappa shape index (κ2) is 11.6. The van der Waals surface area contributed by atoms with Gasteiger partial charge in [0.25, 0.3) is 0 Å². The van der Waals surface area contributed by atoms with Crippen molar-refractivity contribution in [2.45, 2.75) is 95.8 Å². The molecule has 3 saturated heterocycles. The molecule has 6 nitrogen and oxygen atoms in total. The second-order valence-electron chi connectivity index (χ2n) is 12.5. The highest BCUT2D eigenvalue weighted by Crippen LogP contribution is 2.49. The van der Waals surface area contributed by atoms with Gasteiger partial charge in [0.15, 0.2) is 0 Å². The number of carbonyl (C=O) groups is 2. The number of hydrogen-bond acceptors (Lipinski definition) is 4. The number of benzene rings is 1. The summed E-state index contributed by atoms with van der Waals surface area (Å²) in [6, 6.07) is 6.96. The molecule has 0 bridgehead atoms. The lowest BCUT2D eigenvalue weighted by molar-refractivity contribution is -0.191. The monoisotopic (exact) mass is 563 g/mol. The molecule has 1 aromatic rings. The number of amides is 2. The summed E-state index contributed by atoms with van der Waals surface area (Å²) in [4.78, 5) is 31.8. The Morgan fingerprint density at radius 2 is 1.61 bits per heavy atom. The predicted molar refractivity (Wildman–Crippen MR) is 151 cm³/mol. The maximum Gasteiger partial charge on any atom is 0.247 e. The van der Waals surface area contributed by atoms with E-state index in [0.29, 0.717) is 31.3 Å². The molecule has 1 aliphatic carbocycles. The Hall–Kier alpha value is -1.34. The number of carbonyl (C=O) groups excluding carboxylic acids is 2. The zero-order valence-corrected chi connectivity index (χ0v) is 24.4. The smallest absolute Gasteiger partial charge is 0.247 e. The number of hydrogen-bond donors (Lipinski definition) is 1. The van der Waals surface area contributed by atoms with Gasteiger partial charge in [-0.05, 0) is 41.9 Å². The SMILES string of the molecule is CC1C(N2CC(=O)N(Cc3ccc(Cl)cc3)C(C3(C)COC3)C2=O)NCC(Cl)C12CCCCCCCCC2. The van der Waals surface area contributed by atoms with Crippen LogP contribution in [0.25, 0.3) is 0 Å². The lowest BCUT2D eigenvalue weighted by Gasteiger charge is -2.57. The summed E-state index contributed by atoms with van der Waals surface area (Å²) in [7, 11) is 0. The van der Waals surface area contributed by atoms with Crippen molar-refractivity contribution in [2.75, 3.05) is 26.3 Å². The predicted octanol–water partition coefficient (Wildman–Crippen LogP) is 5.60. The molecule has 1 N–H and O–H groups in total. The largest absolute Gasteiger partial charge is 0.380 e. The number of ether oxygens (including phenoxy) is 1. The highest BCUT2D eigenvalue weighted by atomic mass is 35.5. The summed E-state index contributed by atoms with van der Waals surface area (Å²) in [6.45, 7) is 6.42. The number of alkyl halides is 1. The maximum absolute atomic E-state index is 14.4. The minimum absolute atomic E-state index is 0.0142.